The molecule has 0 aliphatic carbocycles. The van der Waals surface area contributed by atoms with Crippen molar-refractivity contribution >= 4 is 22.9 Å². The van der Waals surface area contributed by atoms with Crippen LogP contribution in [0.4, 0.5) is 10.1 Å². The predicted octanol–water partition coefficient (Wildman–Crippen LogP) is 2.50. The predicted molar refractivity (Wildman–Crippen MR) is 83.9 cm³/mol. The van der Waals surface area contributed by atoms with Gasteiger partial charge >= 0.3 is 0 Å². The van der Waals surface area contributed by atoms with Crippen LogP contribution >= 0.6 is 11.3 Å². The van der Waals surface area contributed by atoms with Crippen LogP contribution < -0.4 is 11.1 Å². The Labute approximate surface area is 127 Å². The zero-order valence-electron chi connectivity index (χ0n) is 12.0. The first-order chi connectivity index (χ1) is 10.0. The van der Waals surface area contributed by atoms with Crippen LogP contribution in [0.25, 0.3) is 0 Å². The lowest BCUT2D eigenvalue weighted by Crippen LogP contribution is -2.34. The summed E-state index contributed by atoms with van der Waals surface area (Å²) in [5.74, 6) is -0.944. The van der Waals surface area contributed by atoms with Crippen molar-refractivity contribution in [1.82, 2.24) is 10.2 Å². The van der Waals surface area contributed by atoms with Gasteiger partial charge in [-0.2, -0.15) is 0 Å². The van der Waals surface area contributed by atoms with Gasteiger partial charge in [-0.1, -0.05) is 12.1 Å². The number of nitrogen functional groups attached to an aromatic ring is 1. The van der Waals surface area contributed by atoms with Crippen LogP contribution in [0.2, 0.25) is 0 Å². The van der Waals surface area contributed by atoms with Gasteiger partial charge in [-0.05, 0) is 37.7 Å². The van der Waals surface area contributed by atoms with E-state index in [-0.39, 0.29) is 23.2 Å². The molecular formula is C15H18FN3OS. The summed E-state index contributed by atoms with van der Waals surface area (Å²) in [5, 5.41) is 4.81. The zero-order chi connectivity index (χ0) is 15.4. The molecule has 0 bridgehead atoms. The van der Waals surface area contributed by atoms with Gasteiger partial charge in [-0.3, -0.25) is 4.79 Å². The normalized spacial score (nSPS) is 12.4. The minimum atomic E-state index is -0.579. The third kappa shape index (κ3) is 3.59. The van der Waals surface area contributed by atoms with Crippen molar-refractivity contribution in [2.24, 2.45) is 0 Å². The standard InChI is InChI=1S/C15H18FN3OS/c1-19(2)12(13-7-4-8-21-13)9-18-15(20)10-5-3-6-11(16)14(10)17/h3-8,12H,9,17H2,1-2H3,(H,18,20). The van der Waals surface area contributed by atoms with Crippen LogP contribution in [0, 0.1) is 5.82 Å². The summed E-state index contributed by atoms with van der Waals surface area (Å²) in [5.41, 5.74) is 5.65. The quantitative estimate of drug-likeness (QED) is 0.835. The van der Waals surface area contributed by atoms with Crippen molar-refractivity contribution in [3.8, 4) is 0 Å². The zero-order valence-corrected chi connectivity index (χ0v) is 12.8. The van der Waals surface area contributed by atoms with E-state index in [0.717, 1.165) is 4.88 Å². The maximum absolute atomic E-state index is 13.4. The van der Waals surface area contributed by atoms with Crippen LogP contribution in [0.5, 0.6) is 0 Å². The number of halogens is 1. The molecular weight excluding hydrogens is 289 g/mol. The van der Waals surface area contributed by atoms with Gasteiger partial charge in [0.2, 0.25) is 0 Å². The highest BCUT2D eigenvalue weighted by Gasteiger charge is 2.18. The fraction of sp³-hybridized carbons (Fsp3) is 0.267. The molecule has 1 heterocycles. The first kappa shape index (κ1) is 15.5. The summed E-state index contributed by atoms with van der Waals surface area (Å²) < 4.78 is 13.4. The van der Waals surface area contributed by atoms with Gasteiger partial charge in [-0.25, -0.2) is 4.39 Å². The lowest BCUT2D eigenvalue weighted by Gasteiger charge is -2.23. The number of anilines is 1. The van der Waals surface area contributed by atoms with Gasteiger partial charge in [0.25, 0.3) is 5.91 Å². The molecule has 2 aromatic rings. The van der Waals surface area contributed by atoms with E-state index >= 15 is 0 Å². The second-order valence-electron chi connectivity index (χ2n) is 4.91. The van der Waals surface area contributed by atoms with Gasteiger partial charge in [-0.15, -0.1) is 11.3 Å². The molecule has 1 unspecified atom stereocenters. The number of nitrogens with zero attached hydrogens (tertiary/aromatic N) is 1. The lowest BCUT2D eigenvalue weighted by molar-refractivity contribution is 0.0943. The largest absolute Gasteiger partial charge is 0.396 e. The fourth-order valence-corrected chi connectivity index (χ4v) is 2.96. The van der Waals surface area contributed by atoms with Crippen molar-refractivity contribution in [3.63, 3.8) is 0 Å². The Bertz CT molecular complexity index is 613. The van der Waals surface area contributed by atoms with Gasteiger partial charge < -0.3 is 16.0 Å². The molecule has 0 aliphatic rings. The summed E-state index contributed by atoms with van der Waals surface area (Å²) in [4.78, 5) is 15.3. The number of carbonyl (C=O) groups excluding carboxylic acids is 1. The Kier molecular flexibility index (Phi) is 4.93. The minimum absolute atomic E-state index is 0.0729. The molecule has 0 saturated carbocycles. The Balaban J connectivity index is 2.07. The number of para-hydroxylation sites is 1. The fourth-order valence-electron chi connectivity index (χ4n) is 2.04. The average Bonchev–Trinajstić information content (AvgIpc) is 2.95. The van der Waals surface area contributed by atoms with Gasteiger partial charge in [0.1, 0.15) is 5.82 Å². The summed E-state index contributed by atoms with van der Waals surface area (Å²) >= 11 is 1.63. The molecule has 0 spiro atoms. The monoisotopic (exact) mass is 307 g/mol. The first-order valence-electron chi connectivity index (χ1n) is 6.52. The SMILES string of the molecule is CN(C)C(CNC(=O)c1cccc(F)c1N)c1cccs1. The van der Waals surface area contributed by atoms with Gasteiger partial charge in [0.05, 0.1) is 17.3 Å². The highest BCUT2D eigenvalue weighted by Crippen LogP contribution is 2.22. The molecule has 1 aromatic heterocycles. The number of hydrogen-bond donors (Lipinski definition) is 2. The third-order valence-corrected chi connectivity index (χ3v) is 4.22. The van der Waals surface area contributed by atoms with Gasteiger partial charge in [0.15, 0.2) is 0 Å². The molecule has 1 aromatic carbocycles. The van der Waals surface area contributed by atoms with E-state index in [1.165, 1.54) is 18.2 Å². The van der Waals surface area contributed by atoms with Crippen molar-refractivity contribution in [3.05, 3.63) is 52.0 Å². The van der Waals surface area contributed by atoms with E-state index in [9.17, 15) is 9.18 Å². The van der Waals surface area contributed by atoms with E-state index in [1.807, 2.05) is 36.5 Å². The average molecular weight is 307 g/mol. The van der Waals surface area contributed by atoms with Crippen LogP contribution in [0.1, 0.15) is 21.3 Å². The molecule has 1 atom stereocenters. The number of benzene rings is 1. The second-order valence-corrected chi connectivity index (χ2v) is 5.89. The van der Waals surface area contributed by atoms with Crippen LogP contribution in [0.3, 0.4) is 0 Å². The number of rotatable bonds is 5. The van der Waals surface area contributed by atoms with E-state index in [1.54, 1.807) is 11.3 Å². The molecule has 3 N–H and O–H groups in total. The van der Waals surface area contributed by atoms with Gasteiger partial charge in [0, 0.05) is 11.4 Å². The summed E-state index contributed by atoms with van der Waals surface area (Å²) in [6, 6.07) is 8.30. The highest BCUT2D eigenvalue weighted by molar-refractivity contribution is 7.10. The number of thiophene rings is 1. The molecule has 0 fully saturated rings. The molecule has 4 nitrogen and oxygen atoms in total. The summed E-state index contributed by atoms with van der Waals surface area (Å²) in [7, 11) is 3.90. The Hall–Kier alpha value is -1.92. The number of hydrogen-bond acceptors (Lipinski definition) is 4. The Morgan fingerprint density at radius 3 is 2.76 bits per heavy atom. The van der Waals surface area contributed by atoms with Crippen molar-refractivity contribution in [1.29, 1.82) is 0 Å². The molecule has 0 aliphatic heterocycles. The second kappa shape index (κ2) is 6.69. The third-order valence-electron chi connectivity index (χ3n) is 3.25. The molecule has 112 valence electrons. The Morgan fingerprint density at radius 2 is 2.14 bits per heavy atom. The summed E-state index contributed by atoms with van der Waals surface area (Å²) in [6.45, 7) is 0.433. The van der Waals surface area contributed by atoms with E-state index in [4.69, 9.17) is 5.73 Å². The number of carbonyl (C=O) groups is 1. The smallest absolute Gasteiger partial charge is 0.253 e. The summed E-state index contributed by atoms with van der Waals surface area (Å²) in [6.07, 6.45) is 0. The highest BCUT2D eigenvalue weighted by atomic mass is 32.1. The van der Waals surface area contributed by atoms with E-state index in [2.05, 4.69) is 5.32 Å². The molecule has 21 heavy (non-hydrogen) atoms. The molecule has 2 rings (SSSR count). The van der Waals surface area contributed by atoms with Crippen LogP contribution in [-0.4, -0.2) is 31.4 Å². The number of nitrogens with two attached hydrogens (primary N) is 1. The maximum Gasteiger partial charge on any atom is 0.253 e. The number of nitrogens with one attached hydrogen (secondary N) is 1. The van der Waals surface area contributed by atoms with E-state index < -0.39 is 5.82 Å². The van der Waals surface area contributed by atoms with Crippen LogP contribution in [-0.2, 0) is 0 Å². The van der Waals surface area contributed by atoms with Crippen molar-refractivity contribution in [2.75, 3.05) is 26.4 Å². The number of likely N-dealkylation sites (N-methyl/N-ethyl adjacent to an activating group) is 1. The lowest BCUT2D eigenvalue weighted by atomic mass is 10.1. The first-order valence-corrected chi connectivity index (χ1v) is 7.40. The Morgan fingerprint density at radius 1 is 1.38 bits per heavy atom. The van der Waals surface area contributed by atoms with Crippen molar-refractivity contribution < 1.29 is 9.18 Å². The van der Waals surface area contributed by atoms with E-state index in [0.29, 0.717) is 6.54 Å². The maximum atomic E-state index is 13.4. The molecule has 6 heteroatoms. The van der Waals surface area contributed by atoms with Crippen LogP contribution in [0.15, 0.2) is 35.7 Å². The minimum Gasteiger partial charge on any atom is -0.396 e. The molecule has 0 saturated heterocycles. The number of amides is 1. The molecule has 1 amide bonds. The van der Waals surface area contributed by atoms with Crippen molar-refractivity contribution in [2.45, 2.75) is 6.04 Å². The topological polar surface area (TPSA) is 58.4 Å². The molecule has 0 radical (unpaired) electrons.